The summed E-state index contributed by atoms with van der Waals surface area (Å²) in [6.07, 6.45) is 3.06. The fraction of sp³-hybridized carbons (Fsp3) is 0.290. The molecule has 0 spiro atoms. The number of carbonyl (C=O) groups excluding carboxylic acids is 2. The quantitative estimate of drug-likeness (QED) is 0.229. The summed E-state index contributed by atoms with van der Waals surface area (Å²) in [5.74, 6) is -0.280. The topological polar surface area (TPSA) is 71.2 Å². The molecule has 2 N–H and O–H groups in total. The zero-order valence-electron chi connectivity index (χ0n) is 21.7. The Hall–Kier alpha value is -3.38. The number of rotatable bonds is 8. The van der Waals surface area contributed by atoms with Gasteiger partial charge in [-0.05, 0) is 80.1 Å². The van der Waals surface area contributed by atoms with Crippen LogP contribution in [0.15, 0.2) is 77.4 Å². The number of aromatic amines is 1. The van der Waals surface area contributed by atoms with E-state index >= 15 is 0 Å². The highest BCUT2D eigenvalue weighted by molar-refractivity contribution is 9.10. The molecule has 1 unspecified atom stereocenters. The molecular formula is C31H33BrN2O3. The first kappa shape index (κ1) is 26.7. The minimum absolute atomic E-state index is 0.0634. The third-order valence-electron chi connectivity index (χ3n) is 6.12. The summed E-state index contributed by atoms with van der Waals surface area (Å²) in [5, 5.41) is 4.26. The molecule has 1 heterocycles. The normalized spacial score (nSPS) is 12.4. The number of nitrogens with one attached hydrogen (secondary N) is 2. The standard InChI is InChI=1S/C31H33BrN2O3/c1-20-10-13-24(26(32)16-20)30(22-8-6-5-7-9-22)34-28(35)18-21-11-14-27-25(17-21)23(19-33-27)12-15-29(36)37-31(2,3)4/h5-11,13-14,16-17,19,30,33H,12,15,18H2,1-4H3,(H,34,35). The van der Waals surface area contributed by atoms with Crippen molar-refractivity contribution in [3.8, 4) is 0 Å². The summed E-state index contributed by atoms with van der Waals surface area (Å²) in [6.45, 7) is 7.65. The summed E-state index contributed by atoms with van der Waals surface area (Å²) >= 11 is 3.69. The Morgan fingerprint density at radius 2 is 1.78 bits per heavy atom. The molecule has 4 aromatic rings. The van der Waals surface area contributed by atoms with Gasteiger partial charge >= 0.3 is 5.97 Å². The van der Waals surface area contributed by atoms with Crippen LogP contribution >= 0.6 is 15.9 Å². The van der Waals surface area contributed by atoms with E-state index in [2.05, 4.69) is 44.4 Å². The van der Waals surface area contributed by atoms with E-state index in [4.69, 9.17) is 4.74 Å². The van der Waals surface area contributed by atoms with Crippen LogP contribution < -0.4 is 5.32 Å². The number of hydrogen-bond donors (Lipinski definition) is 2. The first-order valence-corrected chi connectivity index (χ1v) is 13.3. The number of carbonyl (C=O) groups is 2. The van der Waals surface area contributed by atoms with Crippen LogP contribution in [-0.2, 0) is 27.2 Å². The van der Waals surface area contributed by atoms with Crippen LogP contribution in [0.3, 0.4) is 0 Å². The smallest absolute Gasteiger partial charge is 0.306 e. The molecule has 5 nitrogen and oxygen atoms in total. The van der Waals surface area contributed by atoms with Crippen molar-refractivity contribution in [1.29, 1.82) is 0 Å². The number of aromatic nitrogens is 1. The summed E-state index contributed by atoms with van der Waals surface area (Å²) in [4.78, 5) is 28.7. The number of fused-ring (bicyclic) bond motifs is 1. The second-order valence-electron chi connectivity index (χ2n) is 10.4. The van der Waals surface area contributed by atoms with Gasteiger partial charge in [-0.3, -0.25) is 9.59 Å². The van der Waals surface area contributed by atoms with E-state index in [1.165, 1.54) is 0 Å². The fourth-order valence-corrected chi connectivity index (χ4v) is 5.14. The number of amides is 1. The van der Waals surface area contributed by atoms with Crippen molar-refractivity contribution in [2.75, 3.05) is 0 Å². The minimum Gasteiger partial charge on any atom is -0.460 e. The molecule has 0 fully saturated rings. The summed E-state index contributed by atoms with van der Waals surface area (Å²) < 4.78 is 6.41. The van der Waals surface area contributed by atoms with Crippen molar-refractivity contribution in [2.45, 2.75) is 58.6 Å². The number of H-pyrrole nitrogens is 1. The molecule has 0 aliphatic heterocycles. The second kappa shape index (κ2) is 11.3. The number of hydrogen-bond acceptors (Lipinski definition) is 3. The van der Waals surface area contributed by atoms with Gasteiger partial charge in [0.05, 0.1) is 12.5 Å². The zero-order valence-corrected chi connectivity index (χ0v) is 23.3. The highest BCUT2D eigenvalue weighted by Gasteiger charge is 2.20. The molecule has 37 heavy (non-hydrogen) atoms. The Labute approximate surface area is 226 Å². The van der Waals surface area contributed by atoms with Crippen molar-refractivity contribution in [1.82, 2.24) is 10.3 Å². The SMILES string of the molecule is Cc1ccc(C(NC(=O)Cc2ccc3[nH]cc(CCC(=O)OC(C)(C)C)c3c2)c2ccccc2)c(Br)c1. The van der Waals surface area contributed by atoms with E-state index in [9.17, 15) is 9.59 Å². The Balaban J connectivity index is 1.50. The maximum Gasteiger partial charge on any atom is 0.306 e. The maximum atomic E-state index is 13.3. The molecule has 0 saturated carbocycles. The third-order valence-corrected chi connectivity index (χ3v) is 6.81. The van der Waals surface area contributed by atoms with E-state index in [-0.39, 0.29) is 24.3 Å². The lowest BCUT2D eigenvalue weighted by Gasteiger charge is -2.21. The summed E-state index contributed by atoms with van der Waals surface area (Å²) in [5.41, 5.74) is 5.61. The van der Waals surface area contributed by atoms with Gasteiger partial charge in [-0.25, -0.2) is 0 Å². The minimum atomic E-state index is -0.496. The second-order valence-corrected chi connectivity index (χ2v) is 11.2. The van der Waals surface area contributed by atoms with Crippen molar-refractivity contribution < 1.29 is 14.3 Å². The van der Waals surface area contributed by atoms with Crippen LogP contribution in [0.25, 0.3) is 10.9 Å². The average molecular weight is 562 g/mol. The van der Waals surface area contributed by atoms with Gasteiger partial charge in [-0.1, -0.05) is 64.5 Å². The van der Waals surface area contributed by atoms with Gasteiger partial charge in [-0.2, -0.15) is 0 Å². The molecular weight excluding hydrogens is 528 g/mol. The van der Waals surface area contributed by atoms with E-state index in [1.807, 2.05) is 82.4 Å². The summed E-state index contributed by atoms with van der Waals surface area (Å²) in [7, 11) is 0. The monoisotopic (exact) mass is 560 g/mol. The lowest BCUT2D eigenvalue weighted by molar-refractivity contribution is -0.154. The van der Waals surface area contributed by atoms with Crippen LogP contribution in [0.1, 0.15) is 61.1 Å². The highest BCUT2D eigenvalue weighted by Crippen LogP contribution is 2.30. The Morgan fingerprint density at radius 1 is 1.03 bits per heavy atom. The van der Waals surface area contributed by atoms with E-state index in [1.54, 1.807) is 0 Å². The molecule has 192 valence electrons. The van der Waals surface area contributed by atoms with Gasteiger partial charge < -0.3 is 15.0 Å². The number of ether oxygens (including phenoxy) is 1. The molecule has 0 aliphatic carbocycles. The van der Waals surface area contributed by atoms with Crippen LogP contribution in [0.4, 0.5) is 0 Å². The van der Waals surface area contributed by atoms with Crippen LogP contribution in [-0.4, -0.2) is 22.5 Å². The maximum absolute atomic E-state index is 13.3. The molecule has 1 aromatic heterocycles. The van der Waals surface area contributed by atoms with E-state index in [0.717, 1.165) is 43.2 Å². The molecule has 0 aliphatic rings. The number of benzene rings is 3. The van der Waals surface area contributed by atoms with Gasteiger partial charge in [0.25, 0.3) is 0 Å². The Morgan fingerprint density at radius 3 is 2.49 bits per heavy atom. The fourth-order valence-electron chi connectivity index (χ4n) is 4.42. The number of aryl methyl sites for hydroxylation is 2. The molecule has 0 radical (unpaired) electrons. The van der Waals surface area contributed by atoms with Gasteiger partial charge in [0.15, 0.2) is 0 Å². The number of halogens is 1. The van der Waals surface area contributed by atoms with Crippen molar-refractivity contribution >= 4 is 38.7 Å². The van der Waals surface area contributed by atoms with Gasteiger partial charge in [0.2, 0.25) is 5.91 Å². The van der Waals surface area contributed by atoms with Crippen LogP contribution in [0.5, 0.6) is 0 Å². The van der Waals surface area contributed by atoms with Gasteiger partial charge in [0.1, 0.15) is 5.60 Å². The summed E-state index contributed by atoms with van der Waals surface area (Å²) in [6, 6.07) is 21.9. The van der Waals surface area contributed by atoms with Gasteiger partial charge in [-0.15, -0.1) is 0 Å². The third kappa shape index (κ3) is 7.10. The predicted octanol–water partition coefficient (Wildman–Crippen LogP) is 6.96. The largest absolute Gasteiger partial charge is 0.460 e. The van der Waals surface area contributed by atoms with Crippen LogP contribution in [0, 0.1) is 6.92 Å². The zero-order chi connectivity index (χ0) is 26.6. The molecule has 1 amide bonds. The van der Waals surface area contributed by atoms with Crippen LogP contribution in [0.2, 0.25) is 0 Å². The van der Waals surface area contributed by atoms with Crippen molar-refractivity contribution in [3.05, 3.63) is 105 Å². The molecule has 0 bridgehead atoms. The molecule has 1 atom stereocenters. The molecule has 4 rings (SSSR count). The molecule has 6 heteroatoms. The Kier molecular flexibility index (Phi) is 8.18. The molecule has 0 saturated heterocycles. The Bertz CT molecular complexity index is 1400. The van der Waals surface area contributed by atoms with Gasteiger partial charge in [0, 0.05) is 28.0 Å². The molecule has 3 aromatic carbocycles. The lowest BCUT2D eigenvalue weighted by Crippen LogP contribution is -2.30. The van der Waals surface area contributed by atoms with E-state index in [0.29, 0.717) is 12.8 Å². The van der Waals surface area contributed by atoms with Crippen molar-refractivity contribution in [3.63, 3.8) is 0 Å². The predicted molar refractivity (Wildman–Crippen MR) is 151 cm³/mol. The highest BCUT2D eigenvalue weighted by atomic mass is 79.9. The first-order valence-electron chi connectivity index (χ1n) is 12.5. The number of esters is 1. The average Bonchev–Trinajstić information content (AvgIpc) is 3.23. The van der Waals surface area contributed by atoms with Crippen molar-refractivity contribution in [2.24, 2.45) is 0 Å². The van der Waals surface area contributed by atoms with E-state index < -0.39 is 5.60 Å². The first-order chi connectivity index (χ1) is 17.6. The lowest BCUT2D eigenvalue weighted by atomic mass is 9.97.